The van der Waals surface area contributed by atoms with Crippen molar-refractivity contribution < 1.29 is 10.2 Å². The lowest BCUT2D eigenvalue weighted by molar-refractivity contribution is 0.288. The molecule has 16 heavy (non-hydrogen) atoms. The van der Waals surface area contributed by atoms with E-state index in [-0.39, 0.29) is 12.4 Å². The third kappa shape index (κ3) is 2.41. The van der Waals surface area contributed by atoms with E-state index in [0.29, 0.717) is 0 Å². The third-order valence-corrected chi connectivity index (χ3v) is 2.37. The summed E-state index contributed by atoms with van der Waals surface area (Å²) >= 11 is 0. The van der Waals surface area contributed by atoms with E-state index < -0.39 is 0 Å². The van der Waals surface area contributed by atoms with E-state index in [9.17, 15) is 0 Å². The highest BCUT2D eigenvalue weighted by molar-refractivity contribution is 5.36. The molecule has 0 saturated heterocycles. The molecule has 4 nitrogen and oxygen atoms in total. The molecule has 0 aliphatic rings. The average Bonchev–Trinajstić information content (AvgIpc) is 2.76. The second kappa shape index (κ2) is 4.81. The molecule has 1 aromatic heterocycles. The number of rotatable bonds is 4. The molecule has 0 amide bonds. The van der Waals surface area contributed by atoms with Gasteiger partial charge in [0, 0.05) is 12.8 Å². The molecule has 2 aromatic rings. The lowest BCUT2D eigenvalue weighted by atomic mass is 10.2. The molecule has 0 aliphatic heterocycles. The first-order valence-corrected chi connectivity index (χ1v) is 5.23. The molecule has 0 spiro atoms. The summed E-state index contributed by atoms with van der Waals surface area (Å²) < 4.78 is 1.76. The number of phenols is 1. The highest BCUT2D eigenvalue weighted by Crippen LogP contribution is 2.14. The van der Waals surface area contributed by atoms with Gasteiger partial charge in [-0.25, -0.2) is 4.68 Å². The van der Waals surface area contributed by atoms with Gasteiger partial charge in [0.1, 0.15) is 5.75 Å². The van der Waals surface area contributed by atoms with Crippen LogP contribution in [0.15, 0.2) is 36.7 Å². The first-order chi connectivity index (χ1) is 7.79. The van der Waals surface area contributed by atoms with Gasteiger partial charge in [-0.2, -0.15) is 5.10 Å². The minimum absolute atomic E-state index is 0.199. The number of aromatic nitrogens is 2. The van der Waals surface area contributed by atoms with Gasteiger partial charge in [-0.05, 0) is 42.7 Å². The predicted octanol–water partition coefficient (Wildman–Crippen LogP) is 1.50. The summed E-state index contributed by atoms with van der Waals surface area (Å²) in [4.78, 5) is 0. The van der Waals surface area contributed by atoms with Crippen LogP contribution in [0.2, 0.25) is 0 Å². The smallest absolute Gasteiger partial charge is 0.115 e. The highest BCUT2D eigenvalue weighted by Gasteiger charge is 2.00. The maximum Gasteiger partial charge on any atom is 0.115 e. The van der Waals surface area contributed by atoms with Crippen LogP contribution in [0, 0.1) is 0 Å². The average molecular weight is 218 g/mol. The molecule has 0 aliphatic carbocycles. The molecule has 4 heteroatoms. The van der Waals surface area contributed by atoms with Crippen LogP contribution in [0.5, 0.6) is 5.75 Å². The molecular formula is C12H14N2O2. The Morgan fingerprint density at radius 2 is 1.94 bits per heavy atom. The van der Waals surface area contributed by atoms with Gasteiger partial charge in [0.15, 0.2) is 0 Å². The molecule has 2 rings (SSSR count). The zero-order valence-electron chi connectivity index (χ0n) is 8.87. The van der Waals surface area contributed by atoms with Crippen LogP contribution < -0.4 is 0 Å². The van der Waals surface area contributed by atoms with Crippen molar-refractivity contribution in [2.75, 3.05) is 6.61 Å². The number of nitrogens with zero attached hydrogens (tertiary/aromatic N) is 2. The molecule has 0 bridgehead atoms. The van der Waals surface area contributed by atoms with Crippen LogP contribution in [0.1, 0.15) is 12.0 Å². The van der Waals surface area contributed by atoms with Crippen LogP contribution in [0.4, 0.5) is 0 Å². The topological polar surface area (TPSA) is 58.3 Å². The summed E-state index contributed by atoms with van der Waals surface area (Å²) in [5.41, 5.74) is 2.01. The van der Waals surface area contributed by atoms with Crippen molar-refractivity contribution in [3.63, 3.8) is 0 Å². The Bertz CT molecular complexity index is 448. The number of phenolic OH excluding ortho intramolecular Hbond substituents is 1. The van der Waals surface area contributed by atoms with E-state index in [0.717, 1.165) is 24.1 Å². The fraction of sp³-hybridized carbons (Fsp3) is 0.250. The Kier molecular flexibility index (Phi) is 3.22. The van der Waals surface area contributed by atoms with Crippen molar-refractivity contribution in [3.05, 3.63) is 42.2 Å². The number of hydrogen-bond donors (Lipinski definition) is 2. The van der Waals surface area contributed by atoms with Crippen molar-refractivity contribution in [3.8, 4) is 11.4 Å². The minimum atomic E-state index is 0.199. The van der Waals surface area contributed by atoms with Gasteiger partial charge in [-0.15, -0.1) is 0 Å². The highest BCUT2D eigenvalue weighted by atomic mass is 16.3. The van der Waals surface area contributed by atoms with Gasteiger partial charge in [-0.3, -0.25) is 0 Å². The molecule has 84 valence electrons. The van der Waals surface area contributed by atoms with E-state index in [1.165, 1.54) is 0 Å². The van der Waals surface area contributed by atoms with Crippen LogP contribution in [0.3, 0.4) is 0 Å². The van der Waals surface area contributed by atoms with Crippen molar-refractivity contribution >= 4 is 0 Å². The molecule has 1 heterocycles. The van der Waals surface area contributed by atoms with Crippen LogP contribution >= 0.6 is 0 Å². The summed E-state index contributed by atoms with van der Waals surface area (Å²) in [7, 11) is 0. The predicted molar refractivity (Wildman–Crippen MR) is 60.6 cm³/mol. The Hall–Kier alpha value is -1.81. The fourth-order valence-electron chi connectivity index (χ4n) is 1.52. The van der Waals surface area contributed by atoms with E-state index in [2.05, 4.69) is 5.10 Å². The molecule has 0 fully saturated rings. The van der Waals surface area contributed by atoms with Gasteiger partial charge in [0.2, 0.25) is 0 Å². The first-order valence-electron chi connectivity index (χ1n) is 5.23. The zero-order chi connectivity index (χ0) is 11.4. The maximum absolute atomic E-state index is 9.17. The van der Waals surface area contributed by atoms with Crippen LogP contribution in [-0.4, -0.2) is 26.6 Å². The van der Waals surface area contributed by atoms with Gasteiger partial charge in [0.05, 0.1) is 11.9 Å². The minimum Gasteiger partial charge on any atom is -0.508 e. The molecule has 1 aromatic carbocycles. The first kappa shape index (κ1) is 10.7. The lowest BCUT2D eigenvalue weighted by Gasteiger charge is -2.00. The molecular weight excluding hydrogens is 204 g/mol. The summed E-state index contributed by atoms with van der Waals surface area (Å²) in [6, 6.07) is 6.87. The Labute approximate surface area is 93.8 Å². The molecule has 0 radical (unpaired) electrons. The van der Waals surface area contributed by atoms with E-state index in [4.69, 9.17) is 10.2 Å². The molecule has 0 atom stereocenters. The number of benzene rings is 1. The quantitative estimate of drug-likeness (QED) is 0.817. The molecule has 2 N–H and O–H groups in total. The second-order valence-electron chi connectivity index (χ2n) is 3.64. The van der Waals surface area contributed by atoms with Gasteiger partial charge >= 0.3 is 0 Å². The Balaban J connectivity index is 2.15. The standard InChI is InChI=1S/C12H14N2O2/c15-7-1-2-10-8-13-14(9-10)11-3-5-12(16)6-4-11/h3-6,8-9,15-16H,1-2,7H2. The van der Waals surface area contributed by atoms with Gasteiger partial charge in [0.25, 0.3) is 0 Å². The van der Waals surface area contributed by atoms with Crippen LogP contribution in [0.25, 0.3) is 5.69 Å². The number of hydrogen-bond acceptors (Lipinski definition) is 3. The van der Waals surface area contributed by atoms with E-state index in [1.807, 2.05) is 6.20 Å². The maximum atomic E-state index is 9.17. The van der Waals surface area contributed by atoms with Gasteiger partial charge in [-0.1, -0.05) is 0 Å². The Morgan fingerprint density at radius 1 is 1.19 bits per heavy atom. The lowest BCUT2D eigenvalue weighted by Crippen LogP contribution is -1.93. The van der Waals surface area contributed by atoms with E-state index in [1.54, 1.807) is 35.1 Å². The third-order valence-electron chi connectivity index (χ3n) is 2.37. The largest absolute Gasteiger partial charge is 0.508 e. The zero-order valence-corrected chi connectivity index (χ0v) is 8.87. The summed E-state index contributed by atoms with van der Waals surface area (Å²) in [5, 5.41) is 22.1. The van der Waals surface area contributed by atoms with Crippen LogP contribution in [-0.2, 0) is 6.42 Å². The number of aromatic hydroxyl groups is 1. The molecule has 0 saturated carbocycles. The monoisotopic (exact) mass is 218 g/mol. The van der Waals surface area contributed by atoms with Crippen molar-refractivity contribution in [2.24, 2.45) is 0 Å². The fourth-order valence-corrected chi connectivity index (χ4v) is 1.52. The van der Waals surface area contributed by atoms with Crippen molar-refractivity contribution in [1.29, 1.82) is 0 Å². The van der Waals surface area contributed by atoms with Crippen molar-refractivity contribution in [1.82, 2.24) is 9.78 Å². The van der Waals surface area contributed by atoms with E-state index >= 15 is 0 Å². The summed E-state index contributed by atoms with van der Waals surface area (Å²) in [6.45, 7) is 0.199. The summed E-state index contributed by atoms with van der Waals surface area (Å²) in [6.07, 6.45) is 5.31. The normalized spacial score (nSPS) is 10.6. The number of aliphatic hydroxyl groups is 1. The number of aryl methyl sites for hydroxylation is 1. The molecule has 0 unspecified atom stereocenters. The summed E-state index contributed by atoms with van der Waals surface area (Å²) in [5.74, 6) is 0.247. The SMILES string of the molecule is OCCCc1cnn(-c2ccc(O)cc2)c1. The van der Waals surface area contributed by atoms with Crippen molar-refractivity contribution in [2.45, 2.75) is 12.8 Å². The number of aliphatic hydroxyl groups excluding tert-OH is 1. The Morgan fingerprint density at radius 3 is 2.62 bits per heavy atom. The van der Waals surface area contributed by atoms with Gasteiger partial charge < -0.3 is 10.2 Å². The second-order valence-corrected chi connectivity index (χ2v) is 3.64.